The van der Waals surface area contributed by atoms with Gasteiger partial charge in [0, 0.05) is 13.7 Å². The number of methoxy groups -OCH3 is 1. The Morgan fingerprint density at radius 1 is 1.21 bits per heavy atom. The Morgan fingerprint density at radius 2 is 1.79 bits per heavy atom. The zero-order valence-electron chi connectivity index (χ0n) is 10.6. The van der Waals surface area contributed by atoms with Crippen LogP contribution in [0.1, 0.15) is 8.42 Å². The Balaban J connectivity index is -0.0000000767. The third-order valence-electron chi connectivity index (χ3n) is 1.43. The molecule has 0 aliphatic rings. The van der Waals surface area contributed by atoms with Crippen molar-refractivity contribution in [3.8, 4) is 0 Å². The molecule has 0 saturated heterocycles. The van der Waals surface area contributed by atoms with E-state index in [4.69, 9.17) is 3.79 Å². The van der Waals surface area contributed by atoms with Crippen molar-refractivity contribution in [2.45, 2.75) is 6.92 Å². The van der Waals surface area contributed by atoms with Gasteiger partial charge in [-0.1, -0.05) is 35.9 Å². The Kier molecular flexibility index (Phi) is 16.7. The molecule has 0 radical (unpaired) electrons. The number of hydrogen-bond donors (Lipinski definition) is 0. The first-order chi connectivity index (χ1) is 6.31. The maximum absolute atomic E-state index is 4.80. The van der Waals surface area contributed by atoms with Crippen LogP contribution in [0, 0.1) is 6.92 Å². The molecular formula is C10H20AlNaO2+2. The Labute approximate surface area is 120 Å². The summed E-state index contributed by atoms with van der Waals surface area (Å²) in [7, 11) is 1.67. The van der Waals surface area contributed by atoms with E-state index in [1.54, 1.807) is 7.11 Å². The zero-order chi connectivity index (χ0) is 9.94. The van der Waals surface area contributed by atoms with Gasteiger partial charge in [-0.3, -0.25) is 0 Å². The van der Waals surface area contributed by atoms with Crippen LogP contribution in [0.4, 0.5) is 0 Å². The van der Waals surface area contributed by atoms with E-state index in [9.17, 15) is 0 Å². The quantitative estimate of drug-likeness (QED) is 0.555. The average molecular weight is 222 g/mol. The molecule has 0 N–H and O–H groups in total. The summed E-state index contributed by atoms with van der Waals surface area (Å²) < 4.78 is 9.48. The summed E-state index contributed by atoms with van der Waals surface area (Å²) in [6, 6.07) is 10.3. The van der Waals surface area contributed by atoms with Crippen molar-refractivity contribution in [2.24, 2.45) is 0 Å². The van der Waals surface area contributed by atoms with Crippen LogP contribution in [0.25, 0.3) is 0 Å². The first kappa shape index (κ1) is 17.1. The van der Waals surface area contributed by atoms with Crippen LogP contribution in [-0.4, -0.2) is 66.5 Å². The fraction of sp³-hybridized carbons (Fsp3) is 0.400. The standard InChI is InChI=1S/C7H8.C3H7O2.Al.Na.3H/c1-7-5-3-2-4-6-7;1-5-3-2-4;;;;;/h2-6H,1H3;2-3H2,1H3;;;;;/q;-1;+1;;;;/p+2. The minimum absolute atomic E-state index is 0. The number of hydrogen-bond acceptors (Lipinski definition) is 2. The molecule has 0 atom stereocenters. The molecule has 0 aromatic heterocycles. The van der Waals surface area contributed by atoms with Gasteiger partial charge in [-0.05, 0) is 6.92 Å². The molecule has 14 heavy (non-hydrogen) atoms. The molecule has 1 rings (SSSR count). The number of ether oxygens (including phenoxy) is 1. The van der Waals surface area contributed by atoms with Crippen LogP contribution in [-0.2, 0) is 8.53 Å². The van der Waals surface area contributed by atoms with Gasteiger partial charge in [0.25, 0.3) is 0 Å². The number of benzene rings is 1. The molecule has 0 heterocycles. The van der Waals surface area contributed by atoms with E-state index in [0.29, 0.717) is 0 Å². The predicted molar refractivity (Wildman–Crippen MR) is 66.9 cm³/mol. The summed E-state index contributed by atoms with van der Waals surface area (Å²) in [6.07, 6.45) is 0. The molecule has 1 aromatic rings. The van der Waals surface area contributed by atoms with Crippen molar-refractivity contribution in [3.63, 3.8) is 0 Å². The summed E-state index contributed by atoms with van der Waals surface area (Å²) in [4.78, 5) is 0. The molecule has 74 valence electrons. The zero-order valence-corrected chi connectivity index (χ0v) is 10.6. The van der Waals surface area contributed by atoms with E-state index in [0.717, 1.165) is 29.8 Å². The average Bonchev–Trinajstić information content (AvgIpc) is 2.17. The van der Waals surface area contributed by atoms with Gasteiger partial charge < -0.3 is 8.53 Å². The maximum atomic E-state index is 4.80. The second-order valence-corrected chi connectivity index (χ2v) is 3.22. The molecule has 4 heteroatoms. The van der Waals surface area contributed by atoms with E-state index < -0.39 is 0 Å². The SMILES string of the molecule is COCC[O][AlH2].Cc1ccccc1.[H+].[H+].[NaH]. The van der Waals surface area contributed by atoms with Crippen molar-refractivity contribution in [1.29, 1.82) is 0 Å². The molecule has 1 aromatic carbocycles. The van der Waals surface area contributed by atoms with Gasteiger partial charge >= 0.3 is 49.0 Å². The third-order valence-corrected chi connectivity index (χ3v) is 1.84. The van der Waals surface area contributed by atoms with E-state index >= 15 is 0 Å². The van der Waals surface area contributed by atoms with Crippen molar-refractivity contribution < 1.29 is 11.4 Å². The van der Waals surface area contributed by atoms with Gasteiger partial charge in [-0.25, -0.2) is 0 Å². The monoisotopic (exact) mass is 222 g/mol. The summed E-state index contributed by atoms with van der Waals surface area (Å²) in [5.74, 6) is 0. The Morgan fingerprint density at radius 3 is 2.00 bits per heavy atom. The van der Waals surface area contributed by atoms with Crippen molar-refractivity contribution in [3.05, 3.63) is 35.9 Å². The predicted octanol–water partition coefficient (Wildman–Crippen LogP) is 0.769. The first-order valence-corrected chi connectivity index (χ1v) is 5.12. The number of aryl methyl sites for hydroxylation is 1. The first-order valence-electron chi connectivity index (χ1n) is 4.30. The van der Waals surface area contributed by atoms with Crippen LogP contribution >= 0.6 is 0 Å². The fourth-order valence-corrected chi connectivity index (χ4v) is 0.868. The number of rotatable bonds is 3. The molecule has 2 nitrogen and oxygen atoms in total. The summed E-state index contributed by atoms with van der Waals surface area (Å²) in [5.41, 5.74) is 1.32. The second-order valence-electron chi connectivity index (χ2n) is 2.64. The van der Waals surface area contributed by atoms with Crippen molar-refractivity contribution in [1.82, 2.24) is 0 Å². The molecule has 0 unspecified atom stereocenters. The molecular weight excluding hydrogens is 202 g/mol. The molecule has 0 amide bonds. The normalized spacial score (nSPS) is 8.14. The van der Waals surface area contributed by atoms with E-state index in [1.165, 1.54) is 5.56 Å². The summed E-state index contributed by atoms with van der Waals surface area (Å²) >= 11 is 0.823. The van der Waals surface area contributed by atoms with Gasteiger partial charge in [-0.15, -0.1) is 0 Å². The molecule has 0 saturated carbocycles. The molecule has 0 bridgehead atoms. The van der Waals surface area contributed by atoms with Crippen molar-refractivity contribution in [2.75, 3.05) is 20.3 Å². The van der Waals surface area contributed by atoms with Gasteiger partial charge in [0.15, 0.2) is 0 Å². The fourth-order valence-electron chi connectivity index (χ4n) is 0.701. The minimum atomic E-state index is 0. The van der Waals surface area contributed by atoms with Gasteiger partial charge in [0.05, 0.1) is 6.61 Å². The van der Waals surface area contributed by atoms with E-state index in [2.05, 4.69) is 23.8 Å². The summed E-state index contributed by atoms with van der Waals surface area (Å²) in [6.45, 7) is 3.56. The Hall–Kier alpha value is 0.672. The Bertz CT molecular complexity index is 199. The summed E-state index contributed by atoms with van der Waals surface area (Å²) in [5, 5.41) is 0. The molecule has 0 aliphatic carbocycles. The van der Waals surface area contributed by atoms with Gasteiger partial charge in [0.2, 0.25) is 0 Å². The van der Waals surface area contributed by atoms with Crippen molar-refractivity contribution >= 4 is 46.2 Å². The van der Waals surface area contributed by atoms with Crippen LogP contribution in [0.2, 0.25) is 0 Å². The van der Waals surface area contributed by atoms with Gasteiger partial charge in [-0.2, -0.15) is 0 Å². The van der Waals surface area contributed by atoms with Crippen LogP contribution in [0.15, 0.2) is 30.3 Å². The molecule has 0 fully saturated rings. The van der Waals surface area contributed by atoms with E-state index in [1.807, 2.05) is 18.2 Å². The third kappa shape index (κ3) is 12.7. The molecule has 0 aliphatic heterocycles. The van der Waals surface area contributed by atoms with Crippen LogP contribution in [0.3, 0.4) is 0 Å². The van der Waals surface area contributed by atoms with E-state index in [-0.39, 0.29) is 32.4 Å². The van der Waals surface area contributed by atoms with Gasteiger partial charge in [0.1, 0.15) is 0 Å². The second kappa shape index (κ2) is 13.7. The van der Waals surface area contributed by atoms with Crippen LogP contribution < -0.4 is 0 Å². The topological polar surface area (TPSA) is 18.5 Å². The van der Waals surface area contributed by atoms with Crippen LogP contribution in [0.5, 0.6) is 0 Å². The molecule has 0 spiro atoms.